The van der Waals surface area contributed by atoms with Gasteiger partial charge in [0.25, 0.3) is 0 Å². The van der Waals surface area contributed by atoms with Crippen molar-refractivity contribution in [2.24, 2.45) is 11.7 Å². The van der Waals surface area contributed by atoms with Crippen molar-refractivity contribution in [2.45, 2.75) is 57.0 Å². The SMILES string of the molecule is NC1CCC(C(=O)N2CCCN3CCCC3C2)CC1. The summed E-state index contributed by atoms with van der Waals surface area (Å²) in [5.74, 6) is 0.674. The van der Waals surface area contributed by atoms with E-state index in [-0.39, 0.29) is 5.92 Å². The summed E-state index contributed by atoms with van der Waals surface area (Å²) in [5.41, 5.74) is 5.94. The zero-order valence-electron chi connectivity index (χ0n) is 11.9. The quantitative estimate of drug-likeness (QED) is 0.775. The van der Waals surface area contributed by atoms with Crippen LogP contribution < -0.4 is 5.73 Å². The first-order chi connectivity index (χ1) is 9.24. The molecule has 0 aromatic rings. The van der Waals surface area contributed by atoms with Crippen LogP contribution in [0.25, 0.3) is 0 Å². The summed E-state index contributed by atoms with van der Waals surface area (Å²) < 4.78 is 0. The van der Waals surface area contributed by atoms with Crippen LogP contribution >= 0.6 is 0 Å². The molecule has 4 nitrogen and oxygen atoms in total. The van der Waals surface area contributed by atoms with Crippen molar-refractivity contribution < 1.29 is 4.79 Å². The van der Waals surface area contributed by atoms with Crippen LogP contribution in [0.1, 0.15) is 44.9 Å². The number of hydrogen-bond acceptors (Lipinski definition) is 3. The highest BCUT2D eigenvalue weighted by Gasteiger charge is 2.33. The molecule has 3 rings (SSSR count). The lowest BCUT2D eigenvalue weighted by Crippen LogP contribution is -2.43. The maximum atomic E-state index is 12.7. The normalized spacial score (nSPS) is 36.9. The van der Waals surface area contributed by atoms with Crippen molar-refractivity contribution in [2.75, 3.05) is 26.2 Å². The molecule has 1 saturated carbocycles. The number of rotatable bonds is 1. The van der Waals surface area contributed by atoms with E-state index in [0.29, 0.717) is 18.0 Å². The third-order valence-corrected chi connectivity index (χ3v) is 5.24. The van der Waals surface area contributed by atoms with Gasteiger partial charge >= 0.3 is 0 Å². The second-order valence-corrected chi connectivity index (χ2v) is 6.58. The number of nitrogens with zero attached hydrogens (tertiary/aromatic N) is 2. The molecule has 4 heteroatoms. The molecule has 1 unspecified atom stereocenters. The van der Waals surface area contributed by atoms with Gasteiger partial charge in [0.05, 0.1) is 0 Å². The van der Waals surface area contributed by atoms with Crippen LogP contribution in [-0.4, -0.2) is 54.0 Å². The number of amides is 1. The summed E-state index contributed by atoms with van der Waals surface area (Å²) in [4.78, 5) is 17.4. The van der Waals surface area contributed by atoms with E-state index in [0.717, 1.165) is 45.2 Å². The van der Waals surface area contributed by atoms with E-state index in [1.165, 1.54) is 25.9 Å². The largest absolute Gasteiger partial charge is 0.341 e. The Labute approximate surface area is 116 Å². The van der Waals surface area contributed by atoms with E-state index in [4.69, 9.17) is 5.73 Å². The van der Waals surface area contributed by atoms with Gasteiger partial charge in [0.1, 0.15) is 0 Å². The van der Waals surface area contributed by atoms with Crippen molar-refractivity contribution in [3.63, 3.8) is 0 Å². The fourth-order valence-electron chi connectivity index (χ4n) is 4.03. The molecule has 0 spiro atoms. The van der Waals surface area contributed by atoms with Crippen molar-refractivity contribution in [3.05, 3.63) is 0 Å². The molecule has 2 saturated heterocycles. The van der Waals surface area contributed by atoms with Crippen molar-refractivity contribution in [3.8, 4) is 0 Å². The average molecular weight is 265 g/mol. The molecule has 19 heavy (non-hydrogen) atoms. The molecule has 0 bridgehead atoms. The lowest BCUT2D eigenvalue weighted by molar-refractivity contribution is -0.136. The van der Waals surface area contributed by atoms with Crippen molar-refractivity contribution in [1.29, 1.82) is 0 Å². The molecule has 3 aliphatic rings. The third-order valence-electron chi connectivity index (χ3n) is 5.24. The van der Waals surface area contributed by atoms with Crippen LogP contribution in [0.4, 0.5) is 0 Å². The monoisotopic (exact) mass is 265 g/mol. The maximum absolute atomic E-state index is 12.7. The van der Waals surface area contributed by atoms with Gasteiger partial charge in [0.2, 0.25) is 5.91 Å². The zero-order valence-corrected chi connectivity index (χ0v) is 11.9. The van der Waals surface area contributed by atoms with Gasteiger partial charge in [-0.1, -0.05) is 0 Å². The number of carbonyl (C=O) groups excluding carboxylic acids is 1. The Kier molecular flexibility index (Phi) is 4.08. The highest BCUT2D eigenvalue weighted by molar-refractivity contribution is 5.79. The minimum atomic E-state index is 0.257. The summed E-state index contributed by atoms with van der Waals surface area (Å²) in [6.07, 6.45) is 7.80. The van der Waals surface area contributed by atoms with Gasteiger partial charge in [0, 0.05) is 37.6 Å². The Morgan fingerprint density at radius 2 is 1.68 bits per heavy atom. The number of nitrogens with two attached hydrogens (primary N) is 1. The molecule has 0 aromatic heterocycles. The third kappa shape index (κ3) is 2.95. The van der Waals surface area contributed by atoms with Crippen molar-refractivity contribution in [1.82, 2.24) is 9.80 Å². The van der Waals surface area contributed by atoms with Gasteiger partial charge in [-0.25, -0.2) is 0 Å². The zero-order chi connectivity index (χ0) is 13.2. The highest BCUT2D eigenvalue weighted by atomic mass is 16.2. The molecule has 2 heterocycles. The van der Waals surface area contributed by atoms with E-state index >= 15 is 0 Å². The number of carbonyl (C=O) groups is 1. The van der Waals surface area contributed by atoms with E-state index in [1.54, 1.807) is 0 Å². The van der Waals surface area contributed by atoms with E-state index in [2.05, 4.69) is 9.80 Å². The van der Waals surface area contributed by atoms with Crippen molar-refractivity contribution >= 4 is 5.91 Å². The van der Waals surface area contributed by atoms with Crippen LogP contribution in [0, 0.1) is 5.92 Å². The standard InChI is InChI=1S/C15H27N3O/c16-13-6-4-12(5-7-13)15(19)18-10-2-9-17-8-1-3-14(17)11-18/h12-14H,1-11,16H2. The summed E-state index contributed by atoms with van der Waals surface area (Å²) >= 11 is 0. The molecule has 108 valence electrons. The molecular weight excluding hydrogens is 238 g/mol. The van der Waals surface area contributed by atoms with Crippen LogP contribution in [-0.2, 0) is 4.79 Å². The van der Waals surface area contributed by atoms with Crippen LogP contribution in [0.2, 0.25) is 0 Å². The Morgan fingerprint density at radius 1 is 0.947 bits per heavy atom. The maximum Gasteiger partial charge on any atom is 0.225 e. The fraction of sp³-hybridized carbons (Fsp3) is 0.933. The van der Waals surface area contributed by atoms with Gasteiger partial charge in [-0.05, 0) is 51.5 Å². The molecule has 3 fully saturated rings. The van der Waals surface area contributed by atoms with Crippen LogP contribution in [0.3, 0.4) is 0 Å². The molecule has 0 radical (unpaired) electrons. The minimum absolute atomic E-state index is 0.257. The second kappa shape index (κ2) is 5.80. The predicted molar refractivity (Wildman–Crippen MR) is 75.7 cm³/mol. The average Bonchev–Trinajstić information content (AvgIpc) is 2.76. The van der Waals surface area contributed by atoms with E-state index < -0.39 is 0 Å². The Balaban J connectivity index is 1.59. The Hall–Kier alpha value is -0.610. The van der Waals surface area contributed by atoms with Gasteiger partial charge in [-0.15, -0.1) is 0 Å². The summed E-state index contributed by atoms with van der Waals surface area (Å²) in [6, 6.07) is 0.968. The van der Waals surface area contributed by atoms with E-state index in [9.17, 15) is 4.79 Å². The summed E-state index contributed by atoms with van der Waals surface area (Å²) in [6.45, 7) is 4.37. The number of hydrogen-bond donors (Lipinski definition) is 1. The topological polar surface area (TPSA) is 49.6 Å². The second-order valence-electron chi connectivity index (χ2n) is 6.58. The first-order valence-corrected chi connectivity index (χ1v) is 8.02. The Bertz CT molecular complexity index is 325. The minimum Gasteiger partial charge on any atom is -0.341 e. The molecule has 1 aliphatic carbocycles. The first kappa shape index (κ1) is 13.4. The van der Waals surface area contributed by atoms with Crippen LogP contribution in [0.15, 0.2) is 0 Å². The smallest absolute Gasteiger partial charge is 0.225 e. The van der Waals surface area contributed by atoms with Gasteiger partial charge in [0.15, 0.2) is 0 Å². The highest BCUT2D eigenvalue weighted by Crippen LogP contribution is 2.27. The summed E-state index contributed by atoms with van der Waals surface area (Å²) in [7, 11) is 0. The summed E-state index contributed by atoms with van der Waals surface area (Å²) in [5, 5.41) is 0. The molecule has 1 atom stereocenters. The molecule has 2 N–H and O–H groups in total. The van der Waals surface area contributed by atoms with Crippen LogP contribution in [0.5, 0.6) is 0 Å². The predicted octanol–water partition coefficient (Wildman–Crippen LogP) is 1.20. The Morgan fingerprint density at radius 3 is 2.47 bits per heavy atom. The van der Waals surface area contributed by atoms with E-state index in [1.807, 2.05) is 0 Å². The van der Waals surface area contributed by atoms with Gasteiger partial charge in [-0.2, -0.15) is 0 Å². The molecular formula is C15H27N3O. The first-order valence-electron chi connectivity index (χ1n) is 8.02. The number of fused-ring (bicyclic) bond motifs is 1. The lowest BCUT2D eigenvalue weighted by atomic mass is 9.85. The van der Waals surface area contributed by atoms with Gasteiger partial charge < -0.3 is 10.6 Å². The van der Waals surface area contributed by atoms with Gasteiger partial charge in [-0.3, -0.25) is 9.69 Å². The fourth-order valence-corrected chi connectivity index (χ4v) is 4.03. The molecule has 0 aromatic carbocycles. The molecule has 2 aliphatic heterocycles. The molecule has 1 amide bonds. The lowest BCUT2D eigenvalue weighted by Gasteiger charge is -2.32.